The molecule has 3 fully saturated rings. The maximum absolute atomic E-state index is 11.0. The minimum atomic E-state index is -1.40. The van der Waals surface area contributed by atoms with Crippen LogP contribution in [0.25, 0.3) is 0 Å². The topological polar surface area (TPSA) is 234 Å². The van der Waals surface area contributed by atoms with Crippen LogP contribution in [0.2, 0.25) is 0 Å². The second-order valence-electron chi connectivity index (χ2n) is 8.96. The number of ether oxygens (including phenoxy) is 4. The molecule has 0 spiro atoms. The third-order valence-electron chi connectivity index (χ3n) is 6.51. The van der Waals surface area contributed by atoms with E-state index in [0.29, 0.717) is 13.0 Å². The van der Waals surface area contributed by atoms with Gasteiger partial charge in [-0.25, -0.2) is 0 Å². The summed E-state index contributed by atoms with van der Waals surface area (Å²) in [6, 6.07) is -2.79. The van der Waals surface area contributed by atoms with Crippen LogP contribution in [0.15, 0.2) is 0 Å². The van der Waals surface area contributed by atoms with Gasteiger partial charge < -0.3 is 67.6 Å². The number of hydrogen-bond donors (Lipinski definition) is 9. The molecule has 0 unspecified atom stereocenters. The fraction of sp³-hybridized carbons (Fsp3) is 1.00. The number of nitrogens with two attached hydrogens (primary N) is 4. The summed E-state index contributed by atoms with van der Waals surface area (Å²) in [4.78, 5) is 0. The SMILES string of the molecule is CNC[C@@H]1CC[C@@H](N)[C@@H](O[C@H]2[C@H](O)[C@@H](O[C@@H]3O[C@@H](CO)[C@H](O)[C@@H](N)[C@@H]3O)[C@H](N)C[C@@H]2N)O1. The Morgan fingerprint density at radius 3 is 2.06 bits per heavy atom. The Hall–Kier alpha value is -0.520. The number of likely N-dealkylation sites (N-methyl/N-ethyl adjacent to an activating group) is 1. The molecule has 32 heavy (non-hydrogen) atoms. The number of hydrogen-bond acceptors (Lipinski definition) is 13. The van der Waals surface area contributed by atoms with Crippen molar-refractivity contribution < 1.29 is 39.4 Å². The van der Waals surface area contributed by atoms with Crippen LogP contribution in [0.5, 0.6) is 0 Å². The molecule has 0 aromatic carbocycles. The Bertz CT molecular complexity index is 592. The highest BCUT2D eigenvalue weighted by molar-refractivity contribution is 5.00. The van der Waals surface area contributed by atoms with Gasteiger partial charge in [-0.15, -0.1) is 0 Å². The molecule has 0 aromatic rings. The van der Waals surface area contributed by atoms with Crippen molar-refractivity contribution in [1.29, 1.82) is 0 Å². The fourth-order valence-electron chi connectivity index (χ4n) is 4.56. The van der Waals surface area contributed by atoms with E-state index in [0.717, 1.165) is 6.42 Å². The van der Waals surface area contributed by atoms with Crippen molar-refractivity contribution in [3.8, 4) is 0 Å². The minimum absolute atomic E-state index is 0.0785. The van der Waals surface area contributed by atoms with Gasteiger partial charge >= 0.3 is 0 Å². The highest BCUT2D eigenvalue weighted by Gasteiger charge is 2.49. The van der Waals surface area contributed by atoms with Crippen molar-refractivity contribution >= 4 is 0 Å². The molecule has 2 saturated heterocycles. The third-order valence-corrected chi connectivity index (χ3v) is 6.51. The quantitative estimate of drug-likeness (QED) is 0.171. The maximum atomic E-state index is 11.0. The molecule has 2 aliphatic heterocycles. The number of aliphatic hydroxyl groups is 4. The van der Waals surface area contributed by atoms with E-state index in [2.05, 4.69) is 5.32 Å². The Labute approximate surface area is 187 Å². The van der Waals surface area contributed by atoms with Crippen LogP contribution in [0.3, 0.4) is 0 Å². The molecule has 0 radical (unpaired) electrons. The van der Waals surface area contributed by atoms with E-state index in [1.54, 1.807) is 0 Å². The van der Waals surface area contributed by atoms with Crippen molar-refractivity contribution in [3.63, 3.8) is 0 Å². The second kappa shape index (κ2) is 11.3. The maximum Gasteiger partial charge on any atom is 0.186 e. The molecule has 1 saturated carbocycles. The molecule has 188 valence electrons. The molecular formula is C19H39N5O8. The van der Waals surface area contributed by atoms with E-state index in [4.69, 9.17) is 41.9 Å². The fourth-order valence-corrected chi connectivity index (χ4v) is 4.56. The zero-order chi connectivity index (χ0) is 23.6. The van der Waals surface area contributed by atoms with Gasteiger partial charge in [0.2, 0.25) is 0 Å². The lowest BCUT2D eigenvalue weighted by molar-refractivity contribution is -0.313. The normalized spacial score (nSPS) is 50.3. The molecule has 13 atom stereocenters. The van der Waals surface area contributed by atoms with Crippen molar-refractivity contribution in [2.75, 3.05) is 20.2 Å². The summed E-state index contributed by atoms with van der Waals surface area (Å²) in [6.45, 7) is 0.111. The van der Waals surface area contributed by atoms with Gasteiger partial charge in [0, 0.05) is 18.6 Å². The largest absolute Gasteiger partial charge is 0.394 e. The predicted molar refractivity (Wildman–Crippen MR) is 112 cm³/mol. The van der Waals surface area contributed by atoms with Gasteiger partial charge in [-0.2, -0.15) is 0 Å². The Morgan fingerprint density at radius 2 is 1.47 bits per heavy atom. The minimum Gasteiger partial charge on any atom is -0.394 e. The van der Waals surface area contributed by atoms with E-state index in [9.17, 15) is 20.4 Å². The van der Waals surface area contributed by atoms with Crippen LogP contribution in [0, 0.1) is 0 Å². The summed E-state index contributed by atoms with van der Waals surface area (Å²) >= 11 is 0. The van der Waals surface area contributed by atoms with Crippen LogP contribution < -0.4 is 28.3 Å². The standard InChI is InChI=1S/C19H39N5O8/c1-24-5-7-2-3-8(20)18(29-7)31-16-9(21)4-10(22)17(15(16)28)32-19-14(27)12(23)13(26)11(6-25)30-19/h7-19,24-28H,2-6,20-23H2,1H3/t7-,8+,9-,10+,11-,12+,13-,14-,15-,16+,17-,18+,19-/m0/s1. The van der Waals surface area contributed by atoms with Crippen LogP contribution in [-0.4, -0.2) is 120 Å². The zero-order valence-corrected chi connectivity index (χ0v) is 18.3. The predicted octanol–water partition coefficient (Wildman–Crippen LogP) is -5.01. The summed E-state index contributed by atoms with van der Waals surface area (Å²) in [5.74, 6) is 0. The summed E-state index contributed by atoms with van der Waals surface area (Å²) in [5.41, 5.74) is 24.4. The van der Waals surface area contributed by atoms with Gasteiger partial charge in [0.05, 0.1) is 24.8 Å². The van der Waals surface area contributed by atoms with Crippen molar-refractivity contribution in [2.24, 2.45) is 22.9 Å². The van der Waals surface area contributed by atoms with Gasteiger partial charge in [-0.05, 0) is 26.3 Å². The lowest BCUT2D eigenvalue weighted by Crippen LogP contribution is -2.68. The van der Waals surface area contributed by atoms with Gasteiger partial charge in [0.25, 0.3) is 0 Å². The van der Waals surface area contributed by atoms with E-state index in [-0.39, 0.29) is 18.6 Å². The van der Waals surface area contributed by atoms with Gasteiger partial charge in [-0.1, -0.05) is 0 Å². The Balaban J connectivity index is 1.68. The molecule has 0 bridgehead atoms. The molecule has 13 nitrogen and oxygen atoms in total. The molecule has 13 heteroatoms. The van der Waals surface area contributed by atoms with E-state index in [1.165, 1.54) is 0 Å². The zero-order valence-electron chi connectivity index (χ0n) is 18.3. The monoisotopic (exact) mass is 465 g/mol. The smallest absolute Gasteiger partial charge is 0.186 e. The second-order valence-corrected chi connectivity index (χ2v) is 8.96. The molecule has 13 N–H and O–H groups in total. The first-order valence-corrected chi connectivity index (χ1v) is 11.1. The summed E-state index contributed by atoms with van der Waals surface area (Å²) in [6.07, 6.45) is -7.35. The molecule has 0 aromatic heterocycles. The van der Waals surface area contributed by atoms with Crippen LogP contribution >= 0.6 is 0 Å². The van der Waals surface area contributed by atoms with Crippen molar-refractivity contribution in [3.05, 3.63) is 0 Å². The number of rotatable bonds is 7. The van der Waals surface area contributed by atoms with Crippen LogP contribution in [0.4, 0.5) is 0 Å². The molecule has 2 heterocycles. The number of nitrogens with one attached hydrogen (secondary N) is 1. The molecular weight excluding hydrogens is 426 g/mol. The van der Waals surface area contributed by atoms with Crippen LogP contribution in [-0.2, 0) is 18.9 Å². The average Bonchev–Trinajstić information content (AvgIpc) is 2.76. The molecule has 3 rings (SSSR count). The summed E-state index contributed by atoms with van der Waals surface area (Å²) in [5, 5.41) is 43.9. The first-order valence-electron chi connectivity index (χ1n) is 11.1. The van der Waals surface area contributed by atoms with Gasteiger partial charge in [0.1, 0.15) is 36.6 Å². The number of aliphatic hydroxyl groups excluding tert-OH is 4. The van der Waals surface area contributed by atoms with E-state index < -0.39 is 73.9 Å². The lowest BCUT2D eigenvalue weighted by Gasteiger charge is -2.47. The lowest BCUT2D eigenvalue weighted by atomic mass is 9.84. The van der Waals surface area contributed by atoms with E-state index in [1.807, 2.05) is 7.05 Å². The van der Waals surface area contributed by atoms with Gasteiger partial charge in [0.15, 0.2) is 12.6 Å². The van der Waals surface area contributed by atoms with Crippen molar-refractivity contribution in [2.45, 2.75) is 98.7 Å². The van der Waals surface area contributed by atoms with E-state index >= 15 is 0 Å². The van der Waals surface area contributed by atoms with Crippen LogP contribution in [0.1, 0.15) is 19.3 Å². The summed E-state index contributed by atoms with van der Waals surface area (Å²) < 4.78 is 23.2. The summed E-state index contributed by atoms with van der Waals surface area (Å²) in [7, 11) is 1.83. The molecule has 3 aliphatic rings. The molecule has 0 amide bonds. The van der Waals surface area contributed by atoms with Gasteiger partial charge in [-0.3, -0.25) is 0 Å². The third kappa shape index (κ3) is 5.58. The highest BCUT2D eigenvalue weighted by Crippen LogP contribution is 2.30. The average molecular weight is 466 g/mol. The van der Waals surface area contributed by atoms with Crippen molar-refractivity contribution in [1.82, 2.24) is 5.32 Å². The highest BCUT2D eigenvalue weighted by atomic mass is 16.7. The first-order chi connectivity index (χ1) is 15.2. The Kier molecular flexibility index (Phi) is 9.19. The Morgan fingerprint density at radius 1 is 0.844 bits per heavy atom. The first kappa shape index (κ1) is 26.1. The molecule has 1 aliphatic carbocycles.